The fourth-order valence-corrected chi connectivity index (χ4v) is 4.74. The number of carbonyl (C=O) groups excluding carboxylic acids is 7. The summed E-state index contributed by atoms with van der Waals surface area (Å²) < 4.78 is 0. The van der Waals surface area contributed by atoms with E-state index in [1.54, 1.807) is 6.20 Å². The number of H-pyrrole nitrogens is 1. The van der Waals surface area contributed by atoms with E-state index < -0.39 is 42.2 Å². The highest BCUT2D eigenvalue weighted by molar-refractivity contribution is 6.58. The minimum Gasteiger partial charge on any atom is -0.361 e. The summed E-state index contributed by atoms with van der Waals surface area (Å²) in [6.07, 6.45) is 6.35. The van der Waals surface area contributed by atoms with Gasteiger partial charge in [-0.25, -0.2) is 4.79 Å². The third-order valence-electron chi connectivity index (χ3n) is 6.98. The summed E-state index contributed by atoms with van der Waals surface area (Å²) in [6, 6.07) is 4.60. The molecule has 0 fully saturated rings. The van der Waals surface area contributed by atoms with Gasteiger partial charge in [0.2, 0.25) is 17.7 Å². The highest BCUT2D eigenvalue weighted by atomic mass is 16.2. The number of unbranched alkanes of at least 4 members (excludes halogenated alkanes) is 2. The fraction of sp³-hybridized carbons (Fsp3) is 0.414. The Bertz CT molecular complexity index is 1410. The molecular formula is C29H36BN7O7. The highest BCUT2D eigenvalue weighted by Crippen LogP contribution is 2.19. The average molecular weight is 605 g/mol. The largest absolute Gasteiger partial charge is 0.361 e. The number of rotatable bonds is 18. The number of nitrogens with one attached hydrogen (secondary N) is 5. The van der Waals surface area contributed by atoms with Crippen LogP contribution in [-0.4, -0.2) is 90.7 Å². The Kier molecular flexibility index (Phi) is 12.7. The number of benzene rings is 1. The lowest BCUT2D eigenvalue weighted by molar-refractivity contribution is -0.137. The molecule has 14 nitrogen and oxygen atoms in total. The van der Waals surface area contributed by atoms with E-state index in [1.165, 1.54) is 12.2 Å². The van der Waals surface area contributed by atoms with Crippen molar-refractivity contribution in [3.63, 3.8) is 0 Å². The molecule has 1 aromatic heterocycles. The predicted molar refractivity (Wildman–Crippen MR) is 161 cm³/mol. The lowest BCUT2D eigenvalue weighted by Crippen LogP contribution is -2.55. The summed E-state index contributed by atoms with van der Waals surface area (Å²) in [5, 5.41) is 11.1. The van der Waals surface area contributed by atoms with Gasteiger partial charge in [0.25, 0.3) is 11.8 Å². The van der Waals surface area contributed by atoms with Gasteiger partial charge in [-0.05, 0) is 37.3 Å². The molecule has 0 aliphatic carbocycles. The number of aromatic nitrogens is 1. The van der Waals surface area contributed by atoms with Crippen molar-refractivity contribution in [2.24, 2.45) is 5.73 Å². The van der Waals surface area contributed by atoms with Crippen LogP contribution in [0.25, 0.3) is 10.9 Å². The topological polar surface area (TPSA) is 213 Å². The number of para-hydroxylation sites is 1. The molecule has 0 unspecified atom stereocenters. The standard InChI is InChI=1S/C29H36BN7O7/c30-23(38)17-34-27(42)21(9-6-13-32-29(31)44)36-28(43)22(15-18-16-33-20-8-4-3-7-19(18)20)35-24(39)10-2-1-5-14-37-25(40)11-12-26(37)41/h3-4,7-8,11-12,16,21-22,33H,1-2,5-6,9-10,13-15,17H2,(H,34,42)(H,35,39)(H,36,43)(H3,31,32,44)/t21-,22-/m0/s1. The number of nitrogens with two attached hydrogens (primary N) is 1. The van der Waals surface area contributed by atoms with Gasteiger partial charge in [0.05, 0.1) is 12.2 Å². The van der Waals surface area contributed by atoms with Gasteiger partial charge in [-0.15, -0.1) is 0 Å². The lowest BCUT2D eigenvalue weighted by Gasteiger charge is -2.23. The first-order chi connectivity index (χ1) is 21.0. The van der Waals surface area contributed by atoms with Gasteiger partial charge in [0.1, 0.15) is 12.1 Å². The number of amides is 7. The first-order valence-corrected chi connectivity index (χ1v) is 14.3. The van der Waals surface area contributed by atoms with Crippen LogP contribution in [0.4, 0.5) is 4.79 Å². The molecule has 1 aromatic carbocycles. The SMILES string of the molecule is [B]C(=O)CNC(=O)[C@H](CCCNC(N)=O)NC(=O)[C@H](Cc1c[nH]c2ccccc12)NC(=O)CCCCCN1C(=O)C=CC1=O. The van der Waals surface area contributed by atoms with E-state index in [1.807, 2.05) is 24.3 Å². The molecule has 7 N–H and O–H groups in total. The molecule has 0 saturated heterocycles. The molecule has 0 bridgehead atoms. The zero-order valence-corrected chi connectivity index (χ0v) is 24.2. The summed E-state index contributed by atoms with van der Waals surface area (Å²) in [4.78, 5) is 89.1. The van der Waals surface area contributed by atoms with Crippen LogP contribution >= 0.6 is 0 Å². The van der Waals surface area contributed by atoms with Gasteiger partial charge in [-0.1, -0.05) is 24.6 Å². The van der Waals surface area contributed by atoms with E-state index in [-0.39, 0.29) is 56.5 Å². The Labute approximate surface area is 255 Å². The van der Waals surface area contributed by atoms with Crippen molar-refractivity contribution >= 4 is 60.0 Å². The Morgan fingerprint density at radius 1 is 0.886 bits per heavy atom. The van der Waals surface area contributed by atoms with Crippen molar-refractivity contribution < 1.29 is 33.6 Å². The molecular weight excluding hydrogens is 569 g/mol. The van der Waals surface area contributed by atoms with Gasteiger partial charge in [-0.2, -0.15) is 0 Å². The second-order valence-corrected chi connectivity index (χ2v) is 10.3. The van der Waals surface area contributed by atoms with Crippen LogP contribution in [0, 0.1) is 0 Å². The summed E-state index contributed by atoms with van der Waals surface area (Å²) in [5.41, 5.74) is 5.95. The highest BCUT2D eigenvalue weighted by Gasteiger charge is 2.28. The number of primary amides is 1. The molecule has 3 rings (SSSR count). The van der Waals surface area contributed by atoms with E-state index in [0.29, 0.717) is 19.3 Å². The average Bonchev–Trinajstić information content (AvgIpc) is 3.54. The zero-order chi connectivity index (χ0) is 32.1. The van der Waals surface area contributed by atoms with Crippen molar-refractivity contribution in [3.8, 4) is 0 Å². The molecule has 15 heteroatoms. The van der Waals surface area contributed by atoms with Crippen LogP contribution < -0.4 is 27.0 Å². The number of imide groups is 1. The molecule has 1 aliphatic heterocycles. The number of nitrogens with zero attached hydrogens (tertiary/aromatic N) is 1. The maximum absolute atomic E-state index is 13.5. The van der Waals surface area contributed by atoms with Crippen molar-refractivity contribution in [2.75, 3.05) is 19.6 Å². The monoisotopic (exact) mass is 605 g/mol. The molecule has 7 amide bonds. The number of fused-ring (bicyclic) bond motifs is 1. The van der Waals surface area contributed by atoms with Gasteiger partial charge in [0, 0.05) is 55.2 Å². The molecule has 0 saturated carbocycles. The number of aromatic amines is 1. The molecule has 0 spiro atoms. The van der Waals surface area contributed by atoms with Gasteiger partial charge >= 0.3 is 6.03 Å². The Balaban J connectivity index is 1.65. The normalized spacial score (nSPS) is 13.9. The molecule has 44 heavy (non-hydrogen) atoms. The summed E-state index contributed by atoms with van der Waals surface area (Å²) in [5.74, 6) is -2.38. The fourth-order valence-electron chi connectivity index (χ4n) is 4.74. The molecule has 2 atom stereocenters. The van der Waals surface area contributed by atoms with Gasteiger partial charge < -0.3 is 36.8 Å². The molecule has 2 heterocycles. The third-order valence-corrected chi connectivity index (χ3v) is 6.98. The first kappa shape index (κ1) is 33.6. The quantitative estimate of drug-likeness (QED) is 0.0739. The second-order valence-electron chi connectivity index (χ2n) is 10.3. The number of carbonyl (C=O) groups is 7. The molecule has 1 aliphatic rings. The molecule has 2 aromatic rings. The van der Waals surface area contributed by atoms with Crippen molar-refractivity contribution in [3.05, 3.63) is 48.2 Å². The molecule has 2 radical (unpaired) electrons. The summed E-state index contributed by atoms with van der Waals surface area (Å²) >= 11 is 0. The minimum atomic E-state index is -1.09. The van der Waals surface area contributed by atoms with Crippen LogP contribution in [0.5, 0.6) is 0 Å². The van der Waals surface area contributed by atoms with Gasteiger partial charge in [0.15, 0.2) is 7.85 Å². The van der Waals surface area contributed by atoms with Crippen LogP contribution in [0.2, 0.25) is 0 Å². The van der Waals surface area contributed by atoms with E-state index in [2.05, 4.69) is 26.3 Å². The van der Waals surface area contributed by atoms with Crippen LogP contribution in [0.1, 0.15) is 44.1 Å². The van der Waals surface area contributed by atoms with Crippen molar-refractivity contribution in [2.45, 2.75) is 57.0 Å². The van der Waals surface area contributed by atoms with E-state index in [9.17, 15) is 33.6 Å². The van der Waals surface area contributed by atoms with Crippen molar-refractivity contribution in [1.82, 2.24) is 31.2 Å². The summed E-state index contributed by atoms with van der Waals surface area (Å²) in [7, 11) is 5.14. The zero-order valence-electron chi connectivity index (χ0n) is 24.2. The minimum absolute atomic E-state index is 0.0963. The second kappa shape index (κ2) is 16.6. The Hall–Kier alpha value is -4.95. The summed E-state index contributed by atoms with van der Waals surface area (Å²) in [6.45, 7) is -0.0280. The Morgan fingerprint density at radius 3 is 2.32 bits per heavy atom. The third kappa shape index (κ3) is 10.4. The smallest absolute Gasteiger partial charge is 0.312 e. The van der Waals surface area contributed by atoms with Crippen LogP contribution in [0.15, 0.2) is 42.6 Å². The first-order valence-electron chi connectivity index (χ1n) is 14.3. The lowest BCUT2D eigenvalue weighted by atomic mass is 10.0. The van der Waals surface area contributed by atoms with Crippen molar-refractivity contribution in [1.29, 1.82) is 0 Å². The number of urea groups is 1. The number of hydrogen-bond acceptors (Lipinski definition) is 7. The molecule has 232 valence electrons. The van der Waals surface area contributed by atoms with E-state index >= 15 is 0 Å². The van der Waals surface area contributed by atoms with Crippen LogP contribution in [-0.2, 0) is 35.2 Å². The maximum Gasteiger partial charge on any atom is 0.312 e. The number of hydrogen-bond donors (Lipinski definition) is 6. The van der Waals surface area contributed by atoms with Gasteiger partial charge in [-0.3, -0.25) is 28.9 Å². The predicted octanol–water partition coefficient (Wildman–Crippen LogP) is -0.575. The Morgan fingerprint density at radius 2 is 1.61 bits per heavy atom. The van der Waals surface area contributed by atoms with E-state index in [0.717, 1.165) is 21.4 Å². The van der Waals surface area contributed by atoms with E-state index in [4.69, 9.17) is 13.6 Å². The maximum atomic E-state index is 13.5. The van der Waals surface area contributed by atoms with Crippen LogP contribution in [0.3, 0.4) is 0 Å².